The number of carbonyl (C=O) groups is 1. The van der Waals surface area contributed by atoms with Crippen molar-refractivity contribution in [2.75, 3.05) is 15.9 Å². The van der Waals surface area contributed by atoms with Gasteiger partial charge in [-0.2, -0.15) is 0 Å². The number of nitrogens with one attached hydrogen (secondary N) is 1. The first kappa shape index (κ1) is 19.6. The van der Waals surface area contributed by atoms with E-state index in [-0.39, 0.29) is 6.54 Å². The minimum Gasteiger partial charge on any atom is -0.322 e. The number of nitrogens with zero attached hydrogens (tertiary/aromatic N) is 1. The van der Waals surface area contributed by atoms with Gasteiger partial charge in [-0.05, 0) is 48.0 Å². The van der Waals surface area contributed by atoms with E-state index in [1.807, 2.05) is 30.3 Å². The Bertz CT molecular complexity index is 1070. The Morgan fingerprint density at radius 1 is 0.964 bits per heavy atom. The van der Waals surface area contributed by atoms with E-state index >= 15 is 0 Å². The fourth-order valence-electron chi connectivity index (χ4n) is 2.70. The third-order valence-electron chi connectivity index (χ3n) is 4.07. The summed E-state index contributed by atoms with van der Waals surface area (Å²) in [7, 11) is -3.51. The van der Waals surface area contributed by atoms with Gasteiger partial charge in [-0.1, -0.05) is 36.4 Å². The van der Waals surface area contributed by atoms with Crippen molar-refractivity contribution in [2.24, 2.45) is 0 Å². The summed E-state index contributed by atoms with van der Waals surface area (Å²) in [6.07, 6.45) is 1.14. The molecule has 0 saturated carbocycles. The number of rotatable bonds is 6. The van der Waals surface area contributed by atoms with Gasteiger partial charge in [0.05, 0.1) is 18.5 Å². The van der Waals surface area contributed by atoms with E-state index in [9.17, 15) is 17.6 Å². The Balaban J connectivity index is 1.80. The summed E-state index contributed by atoms with van der Waals surface area (Å²) in [5.41, 5.74) is 1.98. The SMILES string of the molecule is CS(=O)(=O)N(Cc1ccccc1)c1ccc(C(=O)Nc2cccc(F)c2)cc1. The van der Waals surface area contributed by atoms with Crippen LogP contribution in [0.4, 0.5) is 15.8 Å². The van der Waals surface area contributed by atoms with Crippen LogP contribution in [0.1, 0.15) is 15.9 Å². The van der Waals surface area contributed by atoms with E-state index in [0.29, 0.717) is 16.9 Å². The van der Waals surface area contributed by atoms with Crippen LogP contribution in [-0.4, -0.2) is 20.6 Å². The molecule has 0 aliphatic carbocycles. The molecule has 0 unspecified atom stereocenters. The van der Waals surface area contributed by atoms with Crippen molar-refractivity contribution in [1.82, 2.24) is 0 Å². The average molecular weight is 398 g/mol. The maximum atomic E-state index is 13.2. The van der Waals surface area contributed by atoms with Gasteiger partial charge in [0.15, 0.2) is 0 Å². The zero-order valence-electron chi connectivity index (χ0n) is 15.2. The summed E-state index contributed by atoms with van der Waals surface area (Å²) in [6, 6.07) is 21.1. The number of sulfonamides is 1. The molecular formula is C21H19FN2O3S. The van der Waals surface area contributed by atoms with Crippen LogP contribution < -0.4 is 9.62 Å². The van der Waals surface area contributed by atoms with Crippen LogP contribution in [0.15, 0.2) is 78.9 Å². The summed E-state index contributed by atoms with van der Waals surface area (Å²) >= 11 is 0. The van der Waals surface area contributed by atoms with E-state index in [1.54, 1.807) is 18.2 Å². The molecule has 7 heteroatoms. The monoisotopic (exact) mass is 398 g/mol. The predicted molar refractivity (Wildman–Crippen MR) is 108 cm³/mol. The van der Waals surface area contributed by atoms with Gasteiger partial charge in [0, 0.05) is 11.3 Å². The van der Waals surface area contributed by atoms with Crippen LogP contribution in [-0.2, 0) is 16.6 Å². The molecule has 144 valence electrons. The summed E-state index contributed by atoms with van der Waals surface area (Å²) in [6.45, 7) is 0.189. The molecule has 3 rings (SSSR count). The maximum absolute atomic E-state index is 13.2. The van der Waals surface area contributed by atoms with Crippen molar-refractivity contribution in [3.05, 3.63) is 95.8 Å². The Morgan fingerprint density at radius 3 is 2.25 bits per heavy atom. The molecular weight excluding hydrogens is 379 g/mol. The highest BCUT2D eigenvalue weighted by Gasteiger charge is 2.18. The highest BCUT2D eigenvalue weighted by atomic mass is 32.2. The third kappa shape index (κ3) is 4.95. The minimum absolute atomic E-state index is 0.189. The molecule has 0 fully saturated rings. The van der Waals surface area contributed by atoms with Crippen molar-refractivity contribution in [3.8, 4) is 0 Å². The number of halogens is 1. The van der Waals surface area contributed by atoms with Crippen molar-refractivity contribution < 1.29 is 17.6 Å². The predicted octanol–water partition coefficient (Wildman–Crippen LogP) is 4.04. The molecule has 0 atom stereocenters. The van der Waals surface area contributed by atoms with Gasteiger partial charge in [0.25, 0.3) is 5.91 Å². The number of hydrogen-bond acceptors (Lipinski definition) is 3. The van der Waals surface area contributed by atoms with Gasteiger partial charge in [-0.15, -0.1) is 0 Å². The fraction of sp³-hybridized carbons (Fsp3) is 0.0952. The highest BCUT2D eigenvalue weighted by molar-refractivity contribution is 7.92. The lowest BCUT2D eigenvalue weighted by atomic mass is 10.1. The molecule has 0 spiro atoms. The van der Waals surface area contributed by atoms with Crippen LogP contribution >= 0.6 is 0 Å². The van der Waals surface area contributed by atoms with Gasteiger partial charge in [-0.3, -0.25) is 9.10 Å². The summed E-state index contributed by atoms with van der Waals surface area (Å²) in [4.78, 5) is 12.3. The molecule has 3 aromatic carbocycles. The van der Waals surface area contributed by atoms with E-state index < -0.39 is 21.7 Å². The Morgan fingerprint density at radius 2 is 1.64 bits per heavy atom. The van der Waals surface area contributed by atoms with Crippen LogP contribution in [0.25, 0.3) is 0 Å². The Kier molecular flexibility index (Phi) is 5.75. The molecule has 1 amide bonds. The quantitative estimate of drug-likeness (QED) is 0.681. The second-order valence-corrected chi connectivity index (χ2v) is 8.17. The molecule has 0 aliphatic rings. The molecule has 3 aromatic rings. The van der Waals surface area contributed by atoms with Gasteiger partial charge in [0.1, 0.15) is 5.82 Å². The van der Waals surface area contributed by atoms with E-state index in [1.165, 1.54) is 34.6 Å². The minimum atomic E-state index is -3.51. The second-order valence-electron chi connectivity index (χ2n) is 6.27. The highest BCUT2D eigenvalue weighted by Crippen LogP contribution is 2.22. The molecule has 0 bridgehead atoms. The Hall–Kier alpha value is -3.19. The first-order valence-electron chi connectivity index (χ1n) is 8.51. The van der Waals surface area contributed by atoms with Crippen molar-refractivity contribution in [2.45, 2.75) is 6.54 Å². The van der Waals surface area contributed by atoms with Crippen molar-refractivity contribution in [3.63, 3.8) is 0 Å². The molecule has 0 radical (unpaired) electrons. The lowest BCUT2D eigenvalue weighted by Gasteiger charge is -2.22. The first-order valence-corrected chi connectivity index (χ1v) is 10.4. The zero-order valence-corrected chi connectivity index (χ0v) is 16.0. The molecule has 28 heavy (non-hydrogen) atoms. The summed E-state index contributed by atoms with van der Waals surface area (Å²) < 4.78 is 39.0. The average Bonchev–Trinajstić information content (AvgIpc) is 2.66. The standard InChI is InChI=1S/C21H19FN2O3S/c1-28(26,27)24(15-16-6-3-2-4-7-16)20-12-10-17(11-13-20)21(25)23-19-9-5-8-18(22)14-19/h2-14H,15H2,1H3,(H,23,25). The van der Waals surface area contributed by atoms with Crippen LogP contribution in [0.5, 0.6) is 0 Å². The fourth-order valence-corrected chi connectivity index (χ4v) is 3.59. The van der Waals surface area contributed by atoms with Gasteiger partial charge < -0.3 is 5.32 Å². The second kappa shape index (κ2) is 8.22. The summed E-state index contributed by atoms with van der Waals surface area (Å²) in [5.74, 6) is -0.857. The number of carbonyl (C=O) groups excluding carboxylic acids is 1. The van der Waals surface area contributed by atoms with E-state index in [0.717, 1.165) is 11.8 Å². The maximum Gasteiger partial charge on any atom is 0.255 e. The summed E-state index contributed by atoms with van der Waals surface area (Å²) in [5, 5.41) is 2.61. The van der Waals surface area contributed by atoms with Gasteiger partial charge in [-0.25, -0.2) is 12.8 Å². The first-order chi connectivity index (χ1) is 13.3. The van der Waals surface area contributed by atoms with Crippen molar-refractivity contribution in [1.29, 1.82) is 0 Å². The molecule has 1 N–H and O–H groups in total. The third-order valence-corrected chi connectivity index (χ3v) is 5.21. The molecule has 0 aliphatic heterocycles. The van der Waals surface area contributed by atoms with Gasteiger partial charge in [0.2, 0.25) is 10.0 Å². The van der Waals surface area contributed by atoms with Crippen LogP contribution in [0.2, 0.25) is 0 Å². The smallest absolute Gasteiger partial charge is 0.255 e. The number of anilines is 2. The van der Waals surface area contributed by atoms with Gasteiger partial charge >= 0.3 is 0 Å². The molecule has 0 saturated heterocycles. The van der Waals surface area contributed by atoms with Crippen molar-refractivity contribution >= 4 is 27.3 Å². The Labute approximate surface area is 163 Å². The van der Waals surface area contributed by atoms with Crippen LogP contribution in [0, 0.1) is 5.82 Å². The lowest BCUT2D eigenvalue weighted by Crippen LogP contribution is -2.29. The zero-order chi connectivity index (χ0) is 20.1. The molecule has 0 heterocycles. The molecule has 5 nitrogen and oxygen atoms in total. The number of hydrogen-bond donors (Lipinski definition) is 1. The molecule has 0 aromatic heterocycles. The lowest BCUT2D eigenvalue weighted by molar-refractivity contribution is 0.102. The van der Waals surface area contributed by atoms with Crippen LogP contribution in [0.3, 0.4) is 0 Å². The largest absolute Gasteiger partial charge is 0.322 e. The van der Waals surface area contributed by atoms with E-state index in [4.69, 9.17) is 0 Å². The topological polar surface area (TPSA) is 66.5 Å². The number of benzene rings is 3. The van der Waals surface area contributed by atoms with E-state index in [2.05, 4.69) is 5.32 Å². The number of amides is 1. The normalized spacial score (nSPS) is 11.1.